The van der Waals surface area contributed by atoms with E-state index >= 15 is 0 Å². The van der Waals surface area contributed by atoms with Gasteiger partial charge < -0.3 is 10.2 Å². The fourth-order valence-corrected chi connectivity index (χ4v) is 5.00. The van der Waals surface area contributed by atoms with Gasteiger partial charge in [0.25, 0.3) is 15.9 Å². The number of benzene rings is 2. The van der Waals surface area contributed by atoms with Crippen LogP contribution in [0.3, 0.4) is 0 Å². The average molecular weight is 482 g/mol. The van der Waals surface area contributed by atoms with Gasteiger partial charge in [0.15, 0.2) is 0 Å². The third-order valence-electron chi connectivity index (χ3n) is 5.79. The summed E-state index contributed by atoms with van der Waals surface area (Å²) in [7, 11) is -1.94. The first-order valence-corrected chi connectivity index (χ1v) is 11.9. The van der Waals surface area contributed by atoms with Crippen molar-refractivity contribution in [3.8, 4) is 0 Å². The Hall–Kier alpha value is -2.72. The van der Waals surface area contributed by atoms with E-state index < -0.39 is 33.2 Å². The smallest absolute Gasteiger partial charge is 0.322 e. The number of hydrogen-bond acceptors (Lipinski definition) is 4. The molecule has 0 saturated carbocycles. The number of halogens is 3. The van der Waals surface area contributed by atoms with Gasteiger partial charge in [-0.15, -0.1) is 0 Å². The Morgan fingerprint density at radius 3 is 2.36 bits per heavy atom. The van der Waals surface area contributed by atoms with Crippen LogP contribution in [0.1, 0.15) is 41.3 Å². The number of hydrogen-bond donors (Lipinski definition) is 1. The summed E-state index contributed by atoms with van der Waals surface area (Å²) in [5.74, 6) is -0.831. The van der Waals surface area contributed by atoms with Crippen molar-refractivity contribution in [2.45, 2.75) is 37.8 Å². The lowest BCUT2D eigenvalue weighted by Gasteiger charge is -2.28. The first kappa shape index (κ1) is 24.9. The van der Waals surface area contributed by atoms with Crippen LogP contribution < -0.4 is 5.32 Å². The van der Waals surface area contributed by atoms with Crippen LogP contribution in [0.25, 0.3) is 0 Å². The fourth-order valence-electron chi connectivity index (χ4n) is 3.80. The molecule has 0 aromatic heterocycles. The van der Waals surface area contributed by atoms with Gasteiger partial charge in [-0.05, 0) is 82.7 Å². The molecule has 33 heavy (non-hydrogen) atoms. The third-order valence-corrected chi connectivity index (χ3v) is 7.17. The zero-order valence-corrected chi connectivity index (χ0v) is 19.4. The Kier molecular flexibility index (Phi) is 7.28. The van der Waals surface area contributed by atoms with E-state index in [0.29, 0.717) is 11.3 Å². The molecule has 0 atom stereocenters. The van der Waals surface area contributed by atoms with Crippen molar-refractivity contribution >= 4 is 27.3 Å². The fraction of sp³-hybridized carbons (Fsp3) is 0.391. The van der Waals surface area contributed by atoms with Gasteiger partial charge in [-0.25, -0.2) is 0 Å². The number of rotatable bonds is 5. The van der Waals surface area contributed by atoms with Gasteiger partial charge in [0, 0.05) is 17.3 Å². The highest BCUT2D eigenvalue weighted by molar-refractivity contribution is 7.90. The third kappa shape index (κ3) is 6.00. The molecule has 1 heterocycles. The molecule has 0 unspecified atom stereocenters. The van der Waals surface area contributed by atoms with Crippen LogP contribution >= 0.6 is 0 Å². The molecule has 0 bridgehead atoms. The second-order valence-corrected chi connectivity index (χ2v) is 9.86. The van der Waals surface area contributed by atoms with Crippen molar-refractivity contribution in [3.63, 3.8) is 0 Å². The summed E-state index contributed by atoms with van der Waals surface area (Å²) in [4.78, 5) is 14.6. The van der Waals surface area contributed by atoms with E-state index in [1.54, 1.807) is 13.8 Å². The van der Waals surface area contributed by atoms with Crippen molar-refractivity contribution < 1.29 is 26.4 Å². The van der Waals surface area contributed by atoms with Crippen LogP contribution in [-0.2, 0) is 16.2 Å². The molecule has 1 saturated heterocycles. The van der Waals surface area contributed by atoms with Crippen LogP contribution in [-0.4, -0.2) is 45.1 Å². The second kappa shape index (κ2) is 9.64. The molecule has 0 aliphatic carbocycles. The second-order valence-electron chi connectivity index (χ2n) is 8.26. The molecule has 1 aliphatic heterocycles. The zero-order chi connectivity index (χ0) is 24.4. The molecule has 2 aromatic rings. The van der Waals surface area contributed by atoms with Crippen LogP contribution in [0.5, 0.6) is 0 Å². The van der Waals surface area contributed by atoms with Crippen molar-refractivity contribution in [1.29, 1.82) is 0 Å². The number of nitrogens with zero attached hydrogens (tertiary/aromatic N) is 2. The SMILES string of the molecule is C/C(=N/S(=O)(=O)c1ccc(NC(=O)c2ccccc2C(F)(F)F)c(C)c1)C1CCN(C)CC1. The lowest BCUT2D eigenvalue weighted by molar-refractivity contribution is -0.137. The molecule has 3 rings (SSSR count). The summed E-state index contributed by atoms with van der Waals surface area (Å²) in [6.45, 7) is 5.04. The van der Waals surface area contributed by atoms with Gasteiger partial charge in [-0.1, -0.05) is 12.1 Å². The zero-order valence-electron chi connectivity index (χ0n) is 18.6. The number of anilines is 1. The van der Waals surface area contributed by atoms with E-state index in [1.165, 1.54) is 30.3 Å². The number of piperidine rings is 1. The molecule has 178 valence electrons. The largest absolute Gasteiger partial charge is 0.417 e. The molecule has 0 spiro atoms. The Morgan fingerprint density at radius 1 is 1.12 bits per heavy atom. The normalized spacial score (nSPS) is 16.6. The summed E-state index contributed by atoms with van der Waals surface area (Å²) < 4.78 is 69.2. The van der Waals surface area contributed by atoms with E-state index in [-0.39, 0.29) is 16.5 Å². The Labute approximate surface area is 191 Å². The van der Waals surface area contributed by atoms with Gasteiger partial charge in [0.1, 0.15) is 0 Å². The number of carbonyl (C=O) groups is 1. The summed E-state index contributed by atoms with van der Waals surface area (Å²) in [6, 6.07) is 8.48. The van der Waals surface area contributed by atoms with E-state index in [0.717, 1.165) is 38.1 Å². The number of sulfonamides is 1. The summed E-state index contributed by atoms with van der Waals surface area (Å²) in [5, 5.41) is 2.44. The topological polar surface area (TPSA) is 78.8 Å². The number of carbonyl (C=O) groups excluding carboxylic acids is 1. The maximum absolute atomic E-state index is 13.2. The molecule has 10 heteroatoms. The lowest BCUT2D eigenvalue weighted by Crippen LogP contribution is -2.33. The Morgan fingerprint density at radius 2 is 1.76 bits per heavy atom. The molecule has 6 nitrogen and oxygen atoms in total. The minimum atomic E-state index is -4.68. The summed E-state index contributed by atoms with van der Waals surface area (Å²) >= 11 is 0. The quantitative estimate of drug-likeness (QED) is 0.625. The minimum Gasteiger partial charge on any atom is -0.322 e. The maximum Gasteiger partial charge on any atom is 0.417 e. The predicted molar refractivity (Wildman–Crippen MR) is 121 cm³/mol. The summed E-state index contributed by atoms with van der Waals surface area (Å²) in [5.41, 5.74) is -0.396. The van der Waals surface area contributed by atoms with E-state index in [9.17, 15) is 26.4 Å². The van der Waals surface area contributed by atoms with Gasteiger partial charge in [0.05, 0.1) is 16.0 Å². The van der Waals surface area contributed by atoms with Crippen molar-refractivity contribution in [3.05, 3.63) is 59.2 Å². The molecule has 1 N–H and O–H groups in total. The molecule has 1 aliphatic rings. The highest BCUT2D eigenvalue weighted by Crippen LogP contribution is 2.32. The predicted octanol–water partition coefficient (Wildman–Crippen LogP) is 4.76. The Bertz CT molecular complexity index is 1170. The van der Waals surface area contributed by atoms with E-state index in [4.69, 9.17) is 0 Å². The van der Waals surface area contributed by atoms with Gasteiger partial charge >= 0.3 is 6.18 Å². The number of likely N-dealkylation sites (tertiary alicyclic amines) is 1. The molecule has 1 amide bonds. The van der Waals surface area contributed by atoms with E-state index in [1.807, 2.05) is 7.05 Å². The van der Waals surface area contributed by atoms with Crippen LogP contribution in [0.4, 0.5) is 18.9 Å². The molecular formula is C23H26F3N3O3S. The van der Waals surface area contributed by atoms with Crippen molar-refractivity contribution in [1.82, 2.24) is 4.90 Å². The van der Waals surface area contributed by atoms with Crippen LogP contribution in [0, 0.1) is 12.8 Å². The van der Waals surface area contributed by atoms with Gasteiger partial charge in [0.2, 0.25) is 0 Å². The van der Waals surface area contributed by atoms with Crippen LogP contribution in [0.2, 0.25) is 0 Å². The number of alkyl halides is 3. The number of nitrogens with one attached hydrogen (secondary N) is 1. The number of amides is 1. The summed E-state index contributed by atoms with van der Waals surface area (Å²) in [6.07, 6.45) is -3.00. The highest BCUT2D eigenvalue weighted by Gasteiger charge is 2.35. The maximum atomic E-state index is 13.2. The number of aryl methyl sites for hydroxylation is 1. The van der Waals surface area contributed by atoms with Crippen molar-refractivity contribution in [2.24, 2.45) is 10.3 Å². The lowest BCUT2D eigenvalue weighted by atomic mass is 9.93. The Balaban J connectivity index is 1.80. The first-order valence-electron chi connectivity index (χ1n) is 10.5. The van der Waals surface area contributed by atoms with Gasteiger partial charge in [-0.3, -0.25) is 4.79 Å². The molecule has 2 aromatic carbocycles. The molecular weight excluding hydrogens is 455 g/mol. The minimum absolute atomic E-state index is 0.0408. The van der Waals surface area contributed by atoms with E-state index in [2.05, 4.69) is 14.6 Å². The van der Waals surface area contributed by atoms with Crippen LogP contribution in [0.15, 0.2) is 51.8 Å². The average Bonchev–Trinajstić information content (AvgIpc) is 2.74. The monoisotopic (exact) mass is 481 g/mol. The standard InChI is InChI=1S/C23H26F3N3O3S/c1-15-14-18(33(31,32)28-16(2)17-10-12-29(3)13-11-17)8-9-21(15)27-22(30)19-6-4-5-7-20(19)23(24,25)26/h4-9,14,17H,10-13H2,1-3H3,(H,27,30)/b28-16-. The van der Waals surface area contributed by atoms with Crippen molar-refractivity contribution in [2.75, 3.05) is 25.5 Å². The molecule has 1 fully saturated rings. The van der Waals surface area contributed by atoms with Gasteiger partial charge in [-0.2, -0.15) is 26.0 Å². The molecule has 0 radical (unpaired) electrons. The highest BCUT2D eigenvalue weighted by atomic mass is 32.2. The first-order chi connectivity index (χ1) is 15.4.